The maximum absolute atomic E-state index is 11.5. The standard InChI is InChI=1S/C13H17NO2.ClH/c1-16-13(15)12-9-11(7-8-14-12)10-5-3-2-4-6-10;/h2-6,11-12,14H,7-9H2,1H3;1H. The number of piperidine rings is 1. The van der Waals surface area contributed by atoms with Gasteiger partial charge in [0.1, 0.15) is 6.04 Å². The third-order valence-corrected chi connectivity index (χ3v) is 3.16. The molecule has 1 aromatic carbocycles. The summed E-state index contributed by atoms with van der Waals surface area (Å²) >= 11 is 0. The zero-order valence-electron chi connectivity index (χ0n) is 9.89. The Kier molecular flexibility index (Phi) is 5.45. The second-order valence-corrected chi connectivity index (χ2v) is 4.16. The molecule has 94 valence electrons. The Hall–Kier alpha value is -1.06. The fraction of sp³-hybridized carbons (Fsp3) is 0.462. The van der Waals surface area contributed by atoms with Gasteiger partial charge >= 0.3 is 5.97 Å². The molecule has 0 amide bonds. The number of methoxy groups -OCH3 is 1. The van der Waals surface area contributed by atoms with E-state index < -0.39 is 0 Å². The predicted molar refractivity (Wildman–Crippen MR) is 69.5 cm³/mol. The molecule has 1 N–H and O–H groups in total. The summed E-state index contributed by atoms with van der Waals surface area (Å²) in [6.07, 6.45) is 1.91. The summed E-state index contributed by atoms with van der Waals surface area (Å²) in [5.74, 6) is 0.312. The van der Waals surface area contributed by atoms with E-state index in [0.717, 1.165) is 19.4 Å². The van der Waals surface area contributed by atoms with Gasteiger partial charge in [0, 0.05) is 0 Å². The lowest BCUT2D eigenvalue weighted by molar-refractivity contribution is -0.143. The highest BCUT2D eigenvalue weighted by molar-refractivity contribution is 5.85. The molecule has 1 aliphatic rings. The minimum absolute atomic E-state index is 0. The van der Waals surface area contributed by atoms with E-state index in [2.05, 4.69) is 17.4 Å². The van der Waals surface area contributed by atoms with Crippen molar-refractivity contribution in [3.63, 3.8) is 0 Å². The van der Waals surface area contributed by atoms with Gasteiger partial charge in [-0.05, 0) is 30.9 Å². The third-order valence-electron chi connectivity index (χ3n) is 3.16. The summed E-state index contributed by atoms with van der Waals surface area (Å²) in [6.45, 7) is 0.874. The fourth-order valence-corrected chi connectivity index (χ4v) is 2.27. The van der Waals surface area contributed by atoms with Gasteiger partial charge in [-0.2, -0.15) is 0 Å². The first-order chi connectivity index (χ1) is 7.81. The molecule has 0 radical (unpaired) electrons. The van der Waals surface area contributed by atoms with Crippen LogP contribution in [0.3, 0.4) is 0 Å². The molecule has 2 atom stereocenters. The molecule has 0 aromatic heterocycles. The van der Waals surface area contributed by atoms with Crippen LogP contribution in [0.2, 0.25) is 0 Å². The van der Waals surface area contributed by atoms with Crippen LogP contribution in [0.25, 0.3) is 0 Å². The van der Waals surface area contributed by atoms with E-state index in [9.17, 15) is 4.79 Å². The monoisotopic (exact) mass is 255 g/mol. The molecule has 0 saturated carbocycles. The first-order valence-electron chi connectivity index (χ1n) is 5.67. The topological polar surface area (TPSA) is 38.3 Å². The van der Waals surface area contributed by atoms with Gasteiger partial charge in [0.15, 0.2) is 0 Å². The molecule has 1 fully saturated rings. The molecule has 1 aromatic rings. The van der Waals surface area contributed by atoms with E-state index in [4.69, 9.17) is 4.74 Å². The highest BCUT2D eigenvalue weighted by Crippen LogP contribution is 2.27. The summed E-state index contributed by atoms with van der Waals surface area (Å²) < 4.78 is 4.77. The maximum atomic E-state index is 11.5. The highest BCUT2D eigenvalue weighted by atomic mass is 35.5. The molecular formula is C13H18ClNO2. The Balaban J connectivity index is 0.00000144. The second kappa shape index (κ2) is 6.62. The van der Waals surface area contributed by atoms with Crippen LogP contribution in [0.4, 0.5) is 0 Å². The number of ether oxygens (including phenoxy) is 1. The summed E-state index contributed by atoms with van der Waals surface area (Å²) in [7, 11) is 1.44. The Morgan fingerprint density at radius 2 is 2.06 bits per heavy atom. The number of esters is 1. The van der Waals surface area contributed by atoms with Crippen molar-refractivity contribution in [1.29, 1.82) is 0 Å². The number of carbonyl (C=O) groups excluding carboxylic acids is 1. The first-order valence-corrected chi connectivity index (χ1v) is 5.67. The molecule has 17 heavy (non-hydrogen) atoms. The minimum atomic E-state index is -0.152. The lowest BCUT2D eigenvalue weighted by Gasteiger charge is -2.28. The van der Waals surface area contributed by atoms with E-state index in [1.807, 2.05) is 18.2 Å². The fourth-order valence-electron chi connectivity index (χ4n) is 2.27. The van der Waals surface area contributed by atoms with Crippen molar-refractivity contribution in [3.05, 3.63) is 35.9 Å². The van der Waals surface area contributed by atoms with Crippen LogP contribution < -0.4 is 5.32 Å². The number of rotatable bonds is 2. The molecule has 1 saturated heterocycles. The van der Waals surface area contributed by atoms with Gasteiger partial charge in [-0.25, -0.2) is 0 Å². The van der Waals surface area contributed by atoms with Crippen LogP contribution in [-0.4, -0.2) is 25.7 Å². The number of nitrogens with one attached hydrogen (secondary N) is 1. The van der Waals surface area contributed by atoms with E-state index >= 15 is 0 Å². The first kappa shape index (κ1) is 14.0. The summed E-state index contributed by atoms with van der Waals surface area (Å²) in [4.78, 5) is 11.5. The lowest BCUT2D eigenvalue weighted by Crippen LogP contribution is -2.43. The van der Waals surface area contributed by atoms with E-state index in [1.54, 1.807) is 0 Å². The lowest BCUT2D eigenvalue weighted by atomic mass is 9.86. The van der Waals surface area contributed by atoms with Crippen LogP contribution in [0.1, 0.15) is 24.3 Å². The molecule has 2 rings (SSSR count). The summed E-state index contributed by atoms with van der Waals surface area (Å²) in [6, 6.07) is 10.2. The maximum Gasteiger partial charge on any atom is 0.322 e. The molecule has 1 aliphatic heterocycles. The number of hydrogen-bond acceptors (Lipinski definition) is 3. The molecule has 1 heterocycles. The molecular weight excluding hydrogens is 238 g/mol. The Bertz CT molecular complexity index is 356. The van der Waals surface area contributed by atoms with Crippen LogP contribution in [0, 0.1) is 0 Å². The van der Waals surface area contributed by atoms with Crippen molar-refractivity contribution in [2.75, 3.05) is 13.7 Å². The van der Waals surface area contributed by atoms with Crippen molar-refractivity contribution in [1.82, 2.24) is 5.32 Å². The van der Waals surface area contributed by atoms with Crippen molar-refractivity contribution < 1.29 is 9.53 Å². The third kappa shape index (κ3) is 3.45. The molecule has 2 unspecified atom stereocenters. The number of hydrogen-bond donors (Lipinski definition) is 1. The molecule has 4 heteroatoms. The van der Waals surface area contributed by atoms with Gasteiger partial charge in [-0.15, -0.1) is 12.4 Å². The quantitative estimate of drug-likeness (QED) is 0.823. The predicted octanol–water partition coefficient (Wildman–Crippen LogP) is 2.12. The second-order valence-electron chi connectivity index (χ2n) is 4.16. The number of carbonyl (C=O) groups is 1. The Morgan fingerprint density at radius 3 is 2.71 bits per heavy atom. The van der Waals surface area contributed by atoms with Gasteiger partial charge < -0.3 is 10.1 Å². The number of halogens is 1. The van der Waals surface area contributed by atoms with Gasteiger partial charge in [0.05, 0.1) is 7.11 Å². The summed E-state index contributed by atoms with van der Waals surface area (Å²) in [5.41, 5.74) is 1.32. The van der Waals surface area contributed by atoms with Crippen molar-refractivity contribution in [2.24, 2.45) is 0 Å². The Morgan fingerprint density at radius 1 is 1.35 bits per heavy atom. The highest BCUT2D eigenvalue weighted by Gasteiger charge is 2.27. The van der Waals surface area contributed by atoms with Gasteiger partial charge in [-0.3, -0.25) is 4.79 Å². The average molecular weight is 256 g/mol. The van der Waals surface area contributed by atoms with Gasteiger partial charge in [-0.1, -0.05) is 30.3 Å². The molecule has 3 nitrogen and oxygen atoms in total. The average Bonchev–Trinajstić information content (AvgIpc) is 2.39. The van der Waals surface area contributed by atoms with Gasteiger partial charge in [0.2, 0.25) is 0 Å². The van der Waals surface area contributed by atoms with Crippen molar-refractivity contribution in [3.8, 4) is 0 Å². The normalized spacial score (nSPS) is 23.6. The smallest absolute Gasteiger partial charge is 0.322 e. The molecule has 0 spiro atoms. The van der Waals surface area contributed by atoms with Crippen molar-refractivity contribution in [2.45, 2.75) is 24.8 Å². The zero-order chi connectivity index (χ0) is 11.4. The number of benzene rings is 1. The minimum Gasteiger partial charge on any atom is -0.468 e. The van der Waals surface area contributed by atoms with E-state index in [0.29, 0.717) is 5.92 Å². The van der Waals surface area contributed by atoms with Crippen LogP contribution in [-0.2, 0) is 9.53 Å². The van der Waals surface area contributed by atoms with E-state index in [1.165, 1.54) is 12.7 Å². The van der Waals surface area contributed by atoms with Crippen LogP contribution >= 0.6 is 12.4 Å². The van der Waals surface area contributed by atoms with Gasteiger partial charge in [0.25, 0.3) is 0 Å². The van der Waals surface area contributed by atoms with E-state index in [-0.39, 0.29) is 24.4 Å². The molecule has 0 bridgehead atoms. The molecule has 0 aliphatic carbocycles. The largest absolute Gasteiger partial charge is 0.468 e. The van der Waals surface area contributed by atoms with Crippen LogP contribution in [0.15, 0.2) is 30.3 Å². The Labute approximate surface area is 108 Å². The van der Waals surface area contributed by atoms with Crippen molar-refractivity contribution >= 4 is 18.4 Å². The van der Waals surface area contributed by atoms with Crippen LogP contribution in [0.5, 0.6) is 0 Å². The summed E-state index contributed by atoms with van der Waals surface area (Å²) in [5, 5.41) is 3.19. The zero-order valence-corrected chi connectivity index (χ0v) is 10.7. The SMILES string of the molecule is COC(=O)C1CC(c2ccccc2)CCN1.Cl.